The van der Waals surface area contributed by atoms with Crippen LogP contribution in [0.4, 0.5) is 0 Å². The highest BCUT2D eigenvalue weighted by molar-refractivity contribution is 7.91. The van der Waals surface area contributed by atoms with Crippen LogP contribution in [0, 0.1) is 5.92 Å². The highest BCUT2D eigenvalue weighted by Gasteiger charge is 2.29. The van der Waals surface area contributed by atoms with Gasteiger partial charge >= 0.3 is 0 Å². The topological polar surface area (TPSA) is 109 Å². The smallest absolute Gasteiger partial charge is 0.258 e. The van der Waals surface area contributed by atoms with E-state index >= 15 is 0 Å². The molecule has 1 aliphatic rings. The van der Waals surface area contributed by atoms with Crippen molar-refractivity contribution in [3.8, 4) is 0 Å². The molecule has 1 heterocycles. The monoisotopic (exact) mass is 400 g/mol. The molecule has 1 aromatic rings. The minimum Gasteiger partial charge on any atom is -0.278 e. The Morgan fingerprint density at radius 2 is 2.00 bits per heavy atom. The summed E-state index contributed by atoms with van der Waals surface area (Å²) in [6, 6.07) is 4.09. The fourth-order valence-corrected chi connectivity index (χ4v) is 5.70. The maximum Gasteiger partial charge on any atom is 0.258 e. The molecular weight excluding hydrogens is 387 g/mol. The first-order chi connectivity index (χ1) is 10.6. The van der Waals surface area contributed by atoms with Crippen molar-refractivity contribution >= 4 is 49.0 Å². The molecule has 0 unspecified atom stereocenters. The summed E-state index contributed by atoms with van der Waals surface area (Å²) in [5, 5.41) is -0.0881. The lowest BCUT2D eigenvalue weighted by atomic mass is 10.1. The summed E-state index contributed by atoms with van der Waals surface area (Å²) < 4.78 is 46.8. The molecule has 0 radical (unpaired) electrons. The van der Waals surface area contributed by atoms with Gasteiger partial charge in [0.25, 0.3) is 10.0 Å². The first kappa shape index (κ1) is 18.5. The maximum atomic E-state index is 12.1. The number of hydrazine groups is 1. The molecule has 7 nitrogen and oxygen atoms in total. The Balaban J connectivity index is 1.97. The van der Waals surface area contributed by atoms with Crippen LogP contribution in [0.15, 0.2) is 23.1 Å². The van der Waals surface area contributed by atoms with Gasteiger partial charge in [-0.2, -0.15) is 0 Å². The summed E-state index contributed by atoms with van der Waals surface area (Å²) in [6.07, 6.45) is 0.313. The van der Waals surface area contributed by atoms with E-state index in [0.29, 0.717) is 6.42 Å². The maximum absolute atomic E-state index is 12.1. The zero-order chi connectivity index (χ0) is 17.3. The van der Waals surface area contributed by atoms with Gasteiger partial charge < -0.3 is 0 Å². The summed E-state index contributed by atoms with van der Waals surface area (Å²) in [7, 11) is -7.17. The Labute approximate surface area is 144 Å². The fraction of sp³-hybridized carbons (Fsp3) is 0.417. The van der Waals surface area contributed by atoms with E-state index in [0.717, 1.165) is 0 Å². The van der Waals surface area contributed by atoms with Gasteiger partial charge in [0.05, 0.1) is 21.6 Å². The SMILES string of the molecule is O=C(C[C@H]1CCS(=O)(=O)C1)NNS(=O)(=O)c1cccc(Cl)c1Cl. The molecule has 0 bridgehead atoms. The molecule has 1 aliphatic heterocycles. The van der Waals surface area contributed by atoms with Crippen molar-refractivity contribution in [2.45, 2.75) is 17.7 Å². The van der Waals surface area contributed by atoms with E-state index in [2.05, 4.69) is 0 Å². The predicted molar refractivity (Wildman–Crippen MR) is 86.3 cm³/mol. The van der Waals surface area contributed by atoms with Crippen LogP contribution in [0.3, 0.4) is 0 Å². The van der Waals surface area contributed by atoms with Crippen LogP contribution in [-0.2, 0) is 24.7 Å². The van der Waals surface area contributed by atoms with Gasteiger partial charge in [-0.25, -0.2) is 16.8 Å². The van der Waals surface area contributed by atoms with Gasteiger partial charge in [-0.1, -0.05) is 29.3 Å². The molecule has 23 heavy (non-hydrogen) atoms. The zero-order valence-electron chi connectivity index (χ0n) is 11.8. The first-order valence-corrected chi connectivity index (χ1v) is 10.6. The third-order valence-corrected chi connectivity index (χ3v) is 7.39. The van der Waals surface area contributed by atoms with E-state index in [1.54, 1.807) is 0 Å². The molecular formula is C12H14Cl2N2O5S2. The van der Waals surface area contributed by atoms with Crippen LogP contribution in [0.2, 0.25) is 10.0 Å². The van der Waals surface area contributed by atoms with Crippen molar-refractivity contribution < 1.29 is 21.6 Å². The van der Waals surface area contributed by atoms with E-state index in [1.807, 2.05) is 10.3 Å². The zero-order valence-corrected chi connectivity index (χ0v) is 14.9. The van der Waals surface area contributed by atoms with Crippen LogP contribution in [0.1, 0.15) is 12.8 Å². The summed E-state index contributed by atoms with van der Waals surface area (Å²) in [5.41, 5.74) is 2.05. The van der Waals surface area contributed by atoms with Crippen LogP contribution in [0.5, 0.6) is 0 Å². The van der Waals surface area contributed by atoms with E-state index in [1.165, 1.54) is 18.2 Å². The Kier molecular flexibility index (Phi) is 5.57. The Morgan fingerprint density at radius 3 is 2.61 bits per heavy atom. The molecule has 1 amide bonds. The number of carbonyl (C=O) groups excluding carboxylic acids is 1. The second kappa shape index (κ2) is 6.94. The normalized spacial score (nSPS) is 20.3. The van der Waals surface area contributed by atoms with E-state index in [-0.39, 0.29) is 38.8 Å². The number of carbonyl (C=O) groups is 1. The minimum absolute atomic E-state index is 0.0504. The molecule has 1 atom stereocenters. The Bertz CT molecular complexity index is 824. The number of rotatable bonds is 5. The Morgan fingerprint density at radius 1 is 1.30 bits per heavy atom. The van der Waals surface area contributed by atoms with Crippen molar-refractivity contribution in [2.24, 2.45) is 5.92 Å². The van der Waals surface area contributed by atoms with Crippen molar-refractivity contribution in [1.82, 2.24) is 10.3 Å². The van der Waals surface area contributed by atoms with Crippen LogP contribution < -0.4 is 10.3 Å². The number of nitrogens with one attached hydrogen (secondary N) is 2. The van der Waals surface area contributed by atoms with E-state index < -0.39 is 25.8 Å². The Hall–Kier alpha value is -0.870. The third-order valence-electron chi connectivity index (χ3n) is 3.33. The standard InChI is InChI=1S/C12H14Cl2N2O5S2/c13-9-2-1-3-10(12(9)14)23(20,21)16-15-11(17)6-8-4-5-22(18,19)7-8/h1-3,8,16H,4-7H2,(H,15,17)/t8-/m1/s1. The van der Waals surface area contributed by atoms with Gasteiger partial charge in [-0.15, -0.1) is 4.83 Å². The van der Waals surface area contributed by atoms with Crippen LogP contribution in [0.25, 0.3) is 0 Å². The number of hydrogen-bond donors (Lipinski definition) is 2. The summed E-state index contributed by atoms with van der Waals surface area (Å²) in [6.45, 7) is 0. The average molecular weight is 401 g/mol. The number of sulfone groups is 1. The lowest BCUT2D eigenvalue weighted by Crippen LogP contribution is -2.42. The minimum atomic E-state index is -4.08. The lowest BCUT2D eigenvalue weighted by molar-refractivity contribution is -0.122. The van der Waals surface area contributed by atoms with Gasteiger partial charge in [0.1, 0.15) is 4.90 Å². The summed E-state index contributed by atoms with van der Waals surface area (Å²) in [5.74, 6) is -0.935. The summed E-state index contributed by atoms with van der Waals surface area (Å²) >= 11 is 11.6. The second-order valence-corrected chi connectivity index (χ2v) is 9.84. The predicted octanol–water partition coefficient (Wildman–Crippen LogP) is 1.13. The number of hydrogen-bond acceptors (Lipinski definition) is 5. The van der Waals surface area contributed by atoms with Crippen LogP contribution in [-0.4, -0.2) is 34.2 Å². The third kappa shape index (κ3) is 4.80. The largest absolute Gasteiger partial charge is 0.278 e. The molecule has 11 heteroatoms. The highest BCUT2D eigenvalue weighted by atomic mass is 35.5. The van der Waals surface area contributed by atoms with Gasteiger partial charge in [-0.3, -0.25) is 10.2 Å². The number of benzene rings is 1. The molecule has 2 rings (SSSR count). The average Bonchev–Trinajstić information content (AvgIpc) is 2.78. The van der Waals surface area contributed by atoms with Gasteiger partial charge in [0, 0.05) is 6.42 Å². The second-order valence-electron chi connectivity index (χ2n) is 5.18. The first-order valence-electron chi connectivity index (χ1n) is 6.56. The van der Waals surface area contributed by atoms with Crippen molar-refractivity contribution in [3.63, 3.8) is 0 Å². The van der Waals surface area contributed by atoms with E-state index in [9.17, 15) is 21.6 Å². The highest BCUT2D eigenvalue weighted by Crippen LogP contribution is 2.28. The van der Waals surface area contributed by atoms with Crippen molar-refractivity contribution in [2.75, 3.05) is 11.5 Å². The molecule has 2 N–H and O–H groups in total. The molecule has 0 aliphatic carbocycles. The summed E-state index contributed by atoms with van der Waals surface area (Å²) in [4.78, 5) is 13.4. The molecule has 0 spiro atoms. The number of sulfonamides is 1. The van der Waals surface area contributed by atoms with Crippen molar-refractivity contribution in [1.29, 1.82) is 0 Å². The van der Waals surface area contributed by atoms with E-state index in [4.69, 9.17) is 23.2 Å². The van der Waals surface area contributed by atoms with Crippen LogP contribution >= 0.6 is 23.2 Å². The van der Waals surface area contributed by atoms with Gasteiger partial charge in [0.15, 0.2) is 9.84 Å². The molecule has 0 aromatic heterocycles. The lowest BCUT2D eigenvalue weighted by Gasteiger charge is -2.11. The van der Waals surface area contributed by atoms with Gasteiger partial charge in [0.2, 0.25) is 5.91 Å². The molecule has 128 valence electrons. The number of amides is 1. The molecule has 1 fully saturated rings. The molecule has 0 saturated carbocycles. The molecule has 1 saturated heterocycles. The number of halogens is 2. The van der Waals surface area contributed by atoms with Crippen molar-refractivity contribution in [3.05, 3.63) is 28.2 Å². The molecule has 1 aromatic carbocycles. The fourth-order valence-electron chi connectivity index (χ4n) is 2.22. The van der Waals surface area contributed by atoms with Gasteiger partial charge in [-0.05, 0) is 24.5 Å². The quantitative estimate of drug-likeness (QED) is 0.719.